The SMILES string of the molecule is Cc1cc(C)c(CC(CC(C)C)C(=O)O)c(C)c1. The molecule has 0 radical (unpaired) electrons. The van der Waals surface area contributed by atoms with Gasteiger partial charge in [-0.05, 0) is 56.2 Å². The van der Waals surface area contributed by atoms with Crippen LogP contribution in [0.3, 0.4) is 0 Å². The van der Waals surface area contributed by atoms with Gasteiger partial charge in [-0.2, -0.15) is 0 Å². The maximum atomic E-state index is 11.3. The minimum absolute atomic E-state index is 0.273. The molecule has 0 fully saturated rings. The van der Waals surface area contributed by atoms with Crippen LogP contribution in [0.1, 0.15) is 42.5 Å². The minimum atomic E-state index is -0.678. The molecule has 0 aliphatic carbocycles. The summed E-state index contributed by atoms with van der Waals surface area (Å²) >= 11 is 0. The zero-order valence-corrected chi connectivity index (χ0v) is 12.1. The summed E-state index contributed by atoms with van der Waals surface area (Å²) in [5.74, 6) is -0.537. The highest BCUT2D eigenvalue weighted by Gasteiger charge is 2.21. The Morgan fingerprint density at radius 1 is 1.17 bits per heavy atom. The van der Waals surface area contributed by atoms with Crippen molar-refractivity contribution in [3.8, 4) is 0 Å². The first-order valence-electron chi connectivity index (χ1n) is 6.60. The Labute approximate surface area is 110 Å². The summed E-state index contributed by atoms with van der Waals surface area (Å²) in [5, 5.41) is 9.32. The van der Waals surface area contributed by atoms with Crippen molar-refractivity contribution in [1.82, 2.24) is 0 Å². The molecular formula is C16H24O2. The lowest BCUT2D eigenvalue weighted by atomic mass is 9.87. The van der Waals surface area contributed by atoms with Crippen molar-refractivity contribution in [2.24, 2.45) is 11.8 Å². The van der Waals surface area contributed by atoms with E-state index in [0.717, 1.165) is 6.42 Å². The van der Waals surface area contributed by atoms with E-state index in [0.29, 0.717) is 12.3 Å². The second-order valence-corrected chi connectivity index (χ2v) is 5.75. The average molecular weight is 248 g/mol. The summed E-state index contributed by atoms with van der Waals surface area (Å²) < 4.78 is 0. The third-order valence-electron chi connectivity index (χ3n) is 3.40. The molecule has 1 atom stereocenters. The zero-order chi connectivity index (χ0) is 13.9. The van der Waals surface area contributed by atoms with Crippen LogP contribution in [-0.4, -0.2) is 11.1 Å². The predicted octanol–water partition coefficient (Wildman–Crippen LogP) is 3.90. The van der Waals surface area contributed by atoms with Crippen molar-refractivity contribution in [3.63, 3.8) is 0 Å². The Morgan fingerprint density at radius 3 is 2.06 bits per heavy atom. The van der Waals surface area contributed by atoms with Gasteiger partial charge in [-0.1, -0.05) is 31.5 Å². The predicted molar refractivity (Wildman–Crippen MR) is 74.9 cm³/mol. The number of aryl methyl sites for hydroxylation is 3. The molecular weight excluding hydrogens is 224 g/mol. The van der Waals surface area contributed by atoms with Gasteiger partial charge in [0.1, 0.15) is 0 Å². The highest BCUT2D eigenvalue weighted by atomic mass is 16.4. The molecule has 1 N–H and O–H groups in total. The zero-order valence-electron chi connectivity index (χ0n) is 12.1. The van der Waals surface area contributed by atoms with Crippen LogP contribution >= 0.6 is 0 Å². The Kier molecular flexibility index (Phi) is 4.94. The molecule has 1 aromatic carbocycles. The Hall–Kier alpha value is -1.31. The highest BCUT2D eigenvalue weighted by Crippen LogP contribution is 2.23. The van der Waals surface area contributed by atoms with E-state index >= 15 is 0 Å². The lowest BCUT2D eigenvalue weighted by Crippen LogP contribution is -2.19. The molecule has 0 amide bonds. The summed E-state index contributed by atoms with van der Waals surface area (Å²) in [4.78, 5) is 11.3. The molecule has 2 nitrogen and oxygen atoms in total. The quantitative estimate of drug-likeness (QED) is 0.858. The van der Waals surface area contributed by atoms with Gasteiger partial charge in [0, 0.05) is 0 Å². The van der Waals surface area contributed by atoms with E-state index in [4.69, 9.17) is 0 Å². The molecule has 1 rings (SSSR count). The first-order valence-corrected chi connectivity index (χ1v) is 6.60. The summed E-state index contributed by atoms with van der Waals surface area (Å²) in [5.41, 5.74) is 4.86. The normalized spacial score (nSPS) is 12.8. The van der Waals surface area contributed by atoms with Gasteiger partial charge in [0.15, 0.2) is 0 Å². The molecule has 0 bridgehead atoms. The van der Waals surface area contributed by atoms with Crippen LogP contribution in [0.2, 0.25) is 0 Å². The van der Waals surface area contributed by atoms with Crippen LogP contribution in [0.5, 0.6) is 0 Å². The third-order valence-corrected chi connectivity index (χ3v) is 3.40. The number of hydrogen-bond donors (Lipinski definition) is 1. The summed E-state index contributed by atoms with van der Waals surface area (Å²) in [6.45, 7) is 10.4. The number of carbonyl (C=O) groups is 1. The summed E-state index contributed by atoms with van der Waals surface area (Å²) in [7, 11) is 0. The molecule has 0 saturated carbocycles. The van der Waals surface area contributed by atoms with Gasteiger partial charge >= 0.3 is 5.97 Å². The highest BCUT2D eigenvalue weighted by molar-refractivity contribution is 5.70. The second-order valence-electron chi connectivity index (χ2n) is 5.75. The Morgan fingerprint density at radius 2 is 1.67 bits per heavy atom. The fourth-order valence-corrected chi connectivity index (χ4v) is 2.62. The van der Waals surface area contributed by atoms with Crippen molar-refractivity contribution in [3.05, 3.63) is 34.4 Å². The van der Waals surface area contributed by atoms with Gasteiger partial charge in [0.05, 0.1) is 5.92 Å². The van der Waals surface area contributed by atoms with Gasteiger partial charge in [-0.25, -0.2) is 0 Å². The molecule has 0 saturated heterocycles. The van der Waals surface area contributed by atoms with Crippen LogP contribution in [0.25, 0.3) is 0 Å². The average Bonchev–Trinajstić information content (AvgIpc) is 2.20. The van der Waals surface area contributed by atoms with Crippen molar-refractivity contribution < 1.29 is 9.90 Å². The lowest BCUT2D eigenvalue weighted by Gasteiger charge is -2.18. The van der Waals surface area contributed by atoms with Crippen LogP contribution in [0.15, 0.2) is 12.1 Å². The lowest BCUT2D eigenvalue weighted by molar-refractivity contribution is -0.142. The van der Waals surface area contributed by atoms with E-state index in [2.05, 4.69) is 46.8 Å². The van der Waals surface area contributed by atoms with E-state index < -0.39 is 5.97 Å². The third kappa shape index (κ3) is 3.86. The van der Waals surface area contributed by atoms with Crippen LogP contribution in [0.4, 0.5) is 0 Å². The number of carboxylic acids is 1. The standard InChI is InChI=1S/C16H24O2/c1-10(2)6-14(16(17)18)9-15-12(4)7-11(3)8-13(15)5/h7-8,10,14H,6,9H2,1-5H3,(H,17,18). The van der Waals surface area contributed by atoms with Crippen molar-refractivity contribution in [1.29, 1.82) is 0 Å². The maximum Gasteiger partial charge on any atom is 0.306 e. The van der Waals surface area contributed by atoms with E-state index in [1.807, 2.05) is 0 Å². The number of rotatable bonds is 5. The van der Waals surface area contributed by atoms with Crippen molar-refractivity contribution in [2.45, 2.75) is 47.5 Å². The first-order chi connectivity index (χ1) is 8.31. The Balaban J connectivity index is 2.97. The monoisotopic (exact) mass is 248 g/mol. The minimum Gasteiger partial charge on any atom is -0.481 e. The van der Waals surface area contributed by atoms with E-state index in [-0.39, 0.29) is 5.92 Å². The largest absolute Gasteiger partial charge is 0.481 e. The van der Waals surface area contributed by atoms with E-state index in [1.54, 1.807) is 0 Å². The van der Waals surface area contributed by atoms with Gasteiger partial charge < -0.3 is 5.11 Å². The summed E-state index contributed by atoms with van der Waals surface area (Å²) in [6.07, 6.45) is 1.38. The fourth-order valence-electron chi connectivity index (χ4n) is 2.62. The van der Waals surface area contributed by atoms with Gasteiger partial charge in [-0.15, -0.1) is 0 Å². The molecule has 2 heteroatoms. The first kappa shape index (κ1) is 14.7. The van der Waals surface area contributed by atoms with Crippen LogP contribution in [-0.2, 0) is 11.2 Å². The molecule has 100 valence electrons. The van der Waals surface area contributed by atoms with E-state index in [1.165, 1.54) is 22.3 Å². The molecule has 1 unspecified atom stereocenters. The molecule has 1 aromatic rings. The fraction of sp³-hybridized carbons (Fsp3) is 0.562. The molecule has 0 aliphatic heterocycles. The smallest absolute Gasteiger partial charge is 0.306 e. The number of hydrogen-bond acceptors (Lipinski definition) is 1. The van der Waals surface area contributed by atoms with Crippen molar-refractivity contribution >= 4 is 5.97 Å². The summed E-state index contributed by atoms with van der Waals surface area (Å²) in [6, 6.07) is 4.27. The topological polar surface area (TPSA) is 37.3 Å². The van der Waals surface area contributed by atoms with E-state index in [9.17, 15) is 9.90 Å². The molecule has 18 heavy (non-hydrogen) atoms. The van der Waals surface area contributed by atoms with Crippen molar-refractivity contribution in [2.75, 3.05) is 0 Å². The van der Waals surface area contributed by atoms with Gasteiger partial charge in [0.2, 0.25) is 0 Å². The molecule has 0 aliphatic rings. The maximum absolute atomic E-state index is 11.3. The molecule has 0 heterocycles. The second kappa shape index (κ2) is 6.03. The number of carboxylic acid groups (broad SMARTS) is 1. The molecule has 0 aromatic heterocycles. The van der Waals surface area contributed by atoms with Crippen LogP contribution < -0.4 is 0 Å². The van der Waals surface area contributed by atoms with Gasteiger partial charge in [0.25, 0.3) is 0 Å². The number of aliphatic carboxylic acids is 1. The molecule has 0 spiro atoms. The Bertz CT molecular complexity index is 410. The number of benzene rings is 1. The van der Waals surface area contributed by atoms with Crippen LogP contribution in [0, 0.1) is 32.6 Å². The van der Waals surface area contributed by atoms with Gasteiger partial charge in [-0.3, -0.25) is 4.79 Å².